The number of aliphatic imine (C=N–C) groups is 1. The van der Waals surface area contributed by atoms with Crippen LogP contribution in [0, 0.1) is 0 Å². The molecule has 2 aromatic carbocycles. The third kappa shape index (κ3) is 5.18. The zero-order valence-electron chi connectivity index (χ0n) is 17.5. The van der Waals surface area contributed by atoms with Crippen molar-refractivity contribution in [3.8, 4) is 23.0 Å². The molecule has 9 nitrogen and oxygen atoms in total. The third-order valence-corrected chi connectivity index (χ3v) is 4.96. The van der Waals surface area contributed by atoms with Crippen molar-refractivity contribution in [1.29, 1.82) is 0 Å². The molecule has 0 unspecified atom stereocenters. The molecule has 2 aromatic rings. The molecule has 164 valence electrons. The molecular weight excluding hydrogens is 402 g/mol. The lowest BCUT2D eigenvalue weighted by Gasteiger charge is -2.14. The van der Waals surface area contributed by atoms with Crippen molar-refractivity contribution >= 4 is 17.6 Å². The molecule has 0 saturated carbocycles. The first kappa shape index (κ1) is 20.8. The van der Waals surface area contributed by atoms with E-state index in [1.807, 2.05) is 6.07 Å². The normalized spacial score (nSPS) is 17.4. The second-order valence-corrected chi connectivity index (χ2v) is 7.07. The number of benzene rings is 2. The molecule has 1 atom stereocenters. The molecule has 2 heterocycles. The van der Waals surface area contributed by atoms with Gasteiger partial charge in [-0.25, -0.2) is 4.99 Å². The Morgan fingerprint density at radius 2 is 1.87 bits per heavy atom. The molecule has 1 saturated heterocycles. The highest BCUT2D eigenvalue weighted by Crippen LogP contribution is 2.34. The maximum absolute atomic E-state index is 12.9. The van der Waals surface area contributed by atoms with E-state index in [2.05, 4.69) is 15.6 Å². The van der Waals surface area contributed by atoms with Gasteiger partial charge >= 0.3 is 0 Å². The van der Waals surface area contributed by atoms with E-state index in [1.165, 1.54) is 14.2 Å². The van der Waals surface area contributed by atoms with Gasteiger partial charge in [0.1, 0.15) is 11.5 Å². The summed E-state index contributed by atoms with van der Waals surface area (Å²) in [7, 11) is 3.07. The summed E-state index contributed by atoms with van der Waals surface area (Å²) in [6.07, 6.45) is 2.01. The Hall–Kier alpha value is -3.46. The van der Waals surface area contributed by atoms with Gasteiger partial charge in [0.05, 0.1) is 26.9 Å². The van der Waals surface area contributed by atoms with E-state index in [0.29, 0.717) is 46.8 Å². The van der Waals surface area contributed by atoms with Gasteiger partial charge in [-0.1, -0.05) is 0 Å². The number of carbonyl (C=O) groups excluding carboxylic acids is 1. The quantitative estimate of drug-likeness (QED) is 0.540. The first-order chi connectivity index (χ1) is 15.1. The fraction of sp³-hybridized carbons (Fsp3) is 0.364. The number of fused-ring (bicyclic) bond motifs is 1. The van der Waals surface area contributed by atoms with Gasteiger partial charge in [0, 0.05) is 30.0 Å². The Morgan fingerprint density at radius 1 is 1.10 bits per heavy atom. The molecule has 1 amide bonds. The molecule has 2 aliphatic rings. The van der Waals surface area contributed by atoms with E-state index in [-0.39, 0.29) is 18.8 Å². The smallest absolute Gasteiger partial charge is 0.258 e. The number of ether oxygens (including phenoxy) is 5. The van der Waals surface area contributed by atoms with Crippen LogP contribution in [0.25, 0.3) is 0 Å². The fourth-order valence-corrected chi connectivity index (χ4v) is 3.32. The first-order valence-corrected chi connectivity index (χ1v) is 10.0. The van der Waals surface area contributed by atoms with Crippen LogP contribution in [0.4, 0.5) is 5.69 Å². The lowest BCUT2D eigenvalue weighted by molar-refractivity contribution is 0.0975. The maximum atomic E-state index is 12.9. The molecule has 31 heavy (non-hydrogen) atoms. The number of anilines is 1. The zero-order chi connectivity index (χ0) is 21.6. The molecule has 0 spiro atoms. The van der Waals surface area contributed by atoms with E-state index >= 15 is 0 Å². The van der Waals surface area contributed by atoms with E-state index < -0.39 is 0 Å². The van der Waals surface area contributed by atoms with Gasteiger partial charge in [-0.15, -0.1) is 0 Å². The van der Waals surface area contributed by atoms with Gasteiger partial charge in [0.15, 0.2) is 11.5 Å². The largest absolute Gasteiger partial charge is 0.497 e. The number of carbonyl (C=O) groups is 1. The second-order valence-electron chi connectivity index (χ2n) is 7.07. The van der Waals surface area contributed by atoms with Crippen molar-refractivity contribution in [3.05, 3.63) is 42.0 Å². The van der Waals surface area contributed by atoms with Gasteiger partial charge in [-0.05, 0) is 37.1 Å². The van der Waals surface area contributed by atoms with Crippen LogP contribution in [0.3, 0.4) is 0 Å². The summed E-state index contributed by atoms with van der Waals surface area (Å²) in [4.78, 5) is 17.5. The predicted octanol–water partition coefficient (Wildman–Crippen LogP) is 2.81. The van der Waals surface area contributed by atoms with Gasteiger partial charge in [-0.2, -0.15) is 0 Å². The highest BCUT2D eigenvalue weighted by atomic mass is 16.7. The van der Waals surface area contributed by atoms with Crippen molar-refractivity contribution in [2.45, 2.75) is 18.9 Å². The van der Waals surface area contributed by atoms with E-state index in [0.717, 1.165) is 19.4 Å². The Morgan fingerprint density at radius 3 is 2.58 bits per heavy atom. The van der Waals surface area contributed by atoms with Crippen LogP contribution in [0.2, 0.25) is 0 Å². The monoisotopic (exact) mass is 427 g/mol. The average molecular weight is 427 g/mol. The highest BCUT2D eigenvalue weighted by Gasteiger charge is 2.18. The summed E-state index contributed by atoms with van der Waals surface area (Å²) in [5.74, 6) is 2.30. The van der Waals surface area contributed by atoms with Gasteiger partial charge in [-0.3, -0.25) is 10.1 Å². The van der Waals surface area contributed by atoms with Crippen LogP contribution in [0.5, 0.6) is 23.0 Å². The van der Waals surface area contributed by atoms with E-state index in [4.69, 9.17) is 23.7 Å². The summed E-state index contributed by atoms with van der Waals surface area (Å²) in [5.41, 5.74) is 1.09. The molecule has 4 rings (SSSR count). The number of guanidine groups is 1. The minimum atomic E-state index is -0.350. The molecule has 0 bridgehead atoms. The summed E-state index contributed by atoms with van der Waals surface area (Å²) in [6, 6.07) is 10.4. The number of amides is 1. The Labute approximate surface area is 180 Å². The van der Waals surface area contributed by atoms with Gasteiger partial charge < -0.3 is 29.0 Å². The Kier molecular flexibility index (Phi) is 6.42. The van der Waals surface area contributed by atoms with Crippen LogP contribution in [-0.4, -0.2) is 52.1 Å². The van der Waals surface area contributed by atoms with Crippen LogP contribution < -0.4 is 29.6 Å². The number of nitrogens with zero attached hydrogens (tertiary/aromatic N) is 1. The minimum Gasteiger partial charge on any atom is -0.497 e. The lowest BCUT2D eigenvalue weighted by atomic mass is 10.2. The second kappa shape index (κ2) is 9.57. The van der Waals surface area contributed by atoms with Crippen LogP contribution in [0.15, 0.2) is 41.4 Å². The molecule has 2 aliphatic heterocycles. The van der Waals surface area contributed by atoms with Crippen molar-refractivity contribution in [3.63, 3.8) is 0 Å². The molecule has 0 aromatic heterocycles. The minimum absolute atomic E-state index is 0.0439. The van der Waals surface area contributed by atoms with Crippen LogP contribution in [-0.2, 0) is 4.74 Å². The van der Waals surface area contributed by atoms with E-state index in [1.54, 1.807) is 30.3 Å². The standard InChI is InChI=1S/C22H25N3O6/c1-27-17-8-14(9-18(11-17)28-2)21(26)25-22(23-12-16-4-3-7-29-16)24-15-5-6-19-20(10-15)31-13-30-19/h5-6,8-11,16H,3-4,7,12-13H2,1-2H3,(H2,23,24,25,26)/t16-/m0/s1. The highest BCUT2D eigenvalue weighted by molar-refractivity contribution is 6.10. The summed E-state index contributed by atoms with van der Waals surface area (Å²) in [5, 5.41) is 5.99. The Balaban J connectivity index is 1.53. The first-order valence-electron chi connectivity index (χ1n) is 10.0. The lowest BCUT2D eigenvalue weighted by Crippen LogP contribution is -2.36. The van der Waals surface area contributed by atoms with Crippen molar-refractivity contribution in [2.24, 2.45) is 4.99 Å². The van der Waals surface area contributed by atoms with E-state index in [9.17, 15) is 4.79 Å². The zero-order valence-corrected chi connectivity index (χ0v) is 17.5. The number of nitrogens with one attached hydrogen (secondary N) is 2. The van der Waals surface area contributed by atoms with Crippen LogP contribution >= 0.6 is 0 Å². The average Bonchev–Trinajstić information content (AvgIpc) is 3.48. The third-order valence-electron chi connectivity index (χ3n) is 4.96. The summed E-state index contributed by atoms with van der Waals surface area (Å²) < 4.78 is 26.9. The number of rotatable bonds is 6. The van der Waals surface area contributed by atoms with Gasteiger partial charge in [0.2, 0.25) is 12.8 Å². The van der Waals surface area contributed by atoms with Crippen molar-refractivity contribution in [2.75, 3.05) is 39.5 Å². The molecular formula is C22H25N3O6. The molecule has 0 radical (unpaired) electrons. The number of methoxy groups -OCH3 is 2. The number of hydrogen-bond donors (Lipinski definition) is 2. The Bertz CT molecular complexity index is 949. The topological polar surface area (TPSA) is 99.6 Å². The summed E-state index contributed by atoms with van der Waals surface area (Å²) >= 11 is 0. The maximum Gasteiger partial charge on any atom is 0.258 e. The molecule has 9 heteroatoms. The van der Waals surface area contributed by atoms with Crippen molar-refractivity contribution < 1.29 is 28.5 Å². The fourth-order valence-electron chi connectivity index (χ4n) is 3.32. The SMILES string of the molecule is COc1cc(OC)cc(C(=O)NC(=NC[C@@H]2CCCO2)Nc2ccc3c(c2)OCO3)c1. The predicted molar refractivity (Wildman–Crippen MR) is 114 cm³/mol. The van der Waals surface area contributed by atoms with Crippen LogP contribution in [0.1, 0.15) is 23.2 Å². The molecule has 1 fully saturated rings. The number of hydrogen-bond acceptors (Lipinski definition) is 7. The summed E-state index contributed by atoms with van der Waals surface area (Å²) in [6.45, 7) is 1.36. The molecule has 2 N–H and O–H groups in total. The molecule has 0 aliphatic carbocycles. The van der Waals surface area contributed by atoms with Gasteiger partial charge in [0.25, 0.3) is 5.91 Å². The van der Waals surface area contributed by atoms with Crippen molar-refractivity contribution in [1.82, 2.24) is 5.32 Å².